The van der Waals surface area contributed by atoms with Crippen LogP contribution in [0.4, 0.5) is 11.4 Å². The number of hydrogen-bond acceptors (Lipinski definition) is 5. The van der Waals surface area contributed by atoms with Crippen LogP contribution in [0.25, 0.3) is 0 Å². The number of nitrogens with one attached hydrogen (secondary N) is 1. The van der Waals surface area contributed by atoms with Crippen molar-refractivity contribution in [2.45, 2.75) is 44.2 Å². The normalized spacial score (nSPS) is 16.2. The second-order valence-electron chi connectivity index (χ2n) is 7.03. The van der Waals surface area contributed by atoms with Gasteiger partial charge in [-0.3, -0.25) is 14.4 Å². The number of hydrogen-bond donors (Lipinski definition) is 1. The van der Waals surface area contributed by atoms with Crippen molar-refractivity contribution >= 4 is 35.0 Å². The molecule has 0 atom stereocenters. The average Bonchev–Trinajstić information content (AvgIpc) is 3.41. The molecule has 8 heteroatoms. The largest absolute Gasteiger partial charge is 0.324 e. The molecule has 1 aliphatic heterocycles. The maximum Gasteiger partial charge on any atom is 0.292 e. The van der Waals surface area contributed by atoms with Crippen LogP contribution in [0.1, 0.15) is 24.0 Å². The molecule has 1 saturated carbocycles. The molecular formula is C19H20N4O3S. The summed E-state index contributed by atoms with van der Waals surface area (Å²) in [5.74, 6) is -0.0613. The minimum atomic E-state index is -0.393. The number of anilines is 2. The van der Waals surface area contributed by atoms with Crippen LogP contribution in [0.2, 0.25) is 0 Å². The first-order chi connectivity index (χ1) is 12.9. The van der Waals surface area contributed by atoms with E-state index in [2.05, 4.69) is 10.4 Å². The monoisotopic (exact) mass is 384 g/mol. The highest BCUT2D eigenvalue weighted by Gasteiger charge is 2.39. The Labute approximate surface area is 160 Å². The topological polar surface area (TPSA) is 84.3 Å². The Morgan fingerprint density at radius 3 is 2.59 bits per heavy atom. The van der Waals surface area contributed by atoms with Gasteiger partial charge in [-0.15, -0.1) is 11.8 Å². The van der Waals surface area contributed by atoms with E-state index in [-0.39, 0.29) is 24.4 Å². The Kier molecular flexibility index (Phi) is 4.51. The fraction of sp³-hybridized carbons (Fsp3) is 0.368. The van der Waals surface area contributed by atoms with Gasteiger partial charge in [0.1, 0.15) is 12.2 Å². The highest BCUT2D eigenvalue weighted by Crippen LogP contribution is 2.38. The van der Waals surface area contributed by atoms with E-state index < -0.39 is 5.56 Å². The zero-order valence-electron chi connectivity index (χ0n) is 15.2. The predicted molar refractivity (Wildman–Crippen MR) is 104 cm³/mol. The van der Waals surface area contributed by atoms with Crippen molar-refractivity contribution in [1.82, 2.24) is 9.78 Å². The highest BCUT2D eigenvalue weighted by atomic mass is 32.2. The lowest BCUT2D eigenvalue weighted by Gasteiger charge is -2.28. The van der Waals surface area contributed by atoms with Crippen molar-refractivity contribution in [3.63, 3.8) is 0 Å². The molecular weight excluding hydrogens is 364 g/mol. The molecule has 27 heavy (non-hydrogen) atoms. The number of rotatable bonds is 4. The molecule has 2 amide bonds. The molecule has 0 saturated heterocycles. The first-order valence-corrected chi connectivity index (χ1v) is 9.84. The summed E-state index contributed by atoms with van der Waals surface area (Å²) < 4.78 is 1.13. The number of carbonyl (C=O) groups is 2. The number of carbonyl (C=O) groups excluding carboxylic acids is 2. The molecule has 1 N–H and O–H groups in total. The molecule has 2 aliphatic rings. The summed E-state index contributed by atoms with van der Waals surface area (Å²) >= 11 is 1.33. The second kappa shape index (κ2) is 6.84. The summed E-state index contributed by atoms with van der Waals surface area (Å²) in [5.41, 5.74) is 2.76. The van der Waals surface area contributed by atoms with Gasteiger partial charge in [-0.25, -0.2) is 4.68 Å². The van der Waals surface area contributed by atoms with Gasteiger partial charge in [-0.2, -0.15) is 5.10 Å². The van der Waals surface area contributed by atoms with Gasteiger partial charge in [0, 0.05) is 11.7 Å². The van der Waals surface area contributed by atoms with Gasteiger partial charge in [0.05, 0.1) is 16.8 Å². The van der Waals surface area contributed by atoms with Gasteiger partial charge in [0.2, 0.25) is 11.8 Å². The lowest BCUT2D eigenvalue weighted by molar-refractivity contribution is -0.117. The van der Waals surface area contributed by atoms with E-state index in [1.54, 1.807) is 11.1 Å². The molecule has 1 aromatic heterocycles. The summed E-state index contributed by atoms with van der Waals surface area (Å²) in [6.07, 6.45) is 3.39. The zero-order valence-corrected chi connectivity index (χ0v) is 16.0. The Balaban J connectivity index is 1.59. The minimum absolute atomic E-state index is 0.0514. The van der Waals surface area contributed by atoms with Crippen LogP contribution in [-0.2, 0) is 16.1 Å². The van der Waals surface area contributed by atoms with Crippen molar-refractivity contribution < 1.29 is 9.59 Å². The highest BCUT2D eigenvalue weighted by molar-refractivity contribution is 8.00. The average molecular weight is 384 g/mol. The van der Waals surface area contributed by atoms with E-state index in [0.717, 1.165) is 28.7 Å². The Morgan fingerprint density at radius 1 is 1.22 bits per heavy atom. The summed E-state index contributed by atoms with van der Waals surface area (Å²) in [6.45, 7) is 3.72. The van der Waals surface area contributed by atoms with E-state index in [1.807, 2.05) is 32.0 Å². The first-order valence-electron chi connectivity index (χ1n) is 8.85. The molecule has 1 aliphatic carbocycles. The standard InChI is InChI=1S/C19H20N4O3S/c1-11-5-12(2)7-13(6-11)21-16(24)9-22-19(26)18-15(8-20-22)27-10-17(25)23(18)14-3-4-14/h5-8,14H,3-4,9-10H2,1-2H3,(H,21,24). The van der Waals surface area contributed by atoms with Crippen LogP contribution >= 0.6 is 11.8 Å². The van der Waals surface area contributed by atoms with Crippen molar-refractivity contribution in [3.8, 4) is 0 Å². The van der Waals surface area contributed by atoms with E-state index >= 15 is 0 Å². The fourth-order valence-corrected chi connectivity index (χ4v) is 4.20. The number of benzene rings is 1. The Hall–Kier alpha value is -2.61. The van der Waals surface area contributed by atoms with E-state index in [0.29, 0.717) is 22.0 Å². The van der Waals surface area contributed by atoms with Crippen LogP contribution in [0.5, 0.6) is 0 Å². The molecule has 0 bridgehead atoms. The van der Waals surface area contributed by atoms with Crippen molar-refractivity contribution in [3.05, 3.63) is 45.9 Å². The lowest BCUT2D eigenvalue weighted by Crippen LogP contribution is -2.43. The number of amides is 2. The van der Waals surface area contributed by atoms with E-state index in [4.69, 9.17) is 0 Å². The molecule has 140 valence electrons. The molecule has 1 aromatic carbocycles. The molecule has 0 unspecified atom stereocenters. The van der Waals surface area contributed by atoms with Gasteiger partial charge >= 0.3 is 0 Å². The number of nitrogens with zero attached hydrogens (tertiary/aromatic N) is 3. The van der Waals surface area contributed by atoms with E-state index in [1.165, 1.54) is 11.8 Å². The third-order valence-electron chi connectivity index (χ3n) is 4.56. The van der Waals surface area contributed by atoms with Crippen molar-refractivity contribution in [1.29, 1.82) is 0 Å². The maximum absolute atomic E-state index is 12.9. The van der Waals surface area contributed by atoms with Gasteiger partial charge in [-0.1, -0.05) is 6.07 Å². The summed E-state index contributed by atoms with van der Waals surface area (Å²) in [4.78, 5) is 39.9. The van der Waals surface area contributed by atoms with Gasteiger partial charge in [0.25, 0.3) is 5.56 Å². The van der Waals surface area contributed by atoms with Crippen LogP contribution in [0, 0.1) is 13.8 Å². The Morgan fingerprint density at radius 2 is 1.93 bits per heavy atom. The molecule has 0 radical (unpaired) electrons. The van der Waals surface area contributed by atoms with Crippen molar-refractivity contribution in [2.75, 3.05) is 16.0 Å². The minimum Gasteiger partial charge on any atom is -0.324 e. The summed E-state index contributed by atoms with van der Waals surface area (Å²) in [5, 5.41) is 6.94. The van der Waals surface area contributed by atoms with Gasteiger partial charge in [-0.05, 0) is 49.9 Å². The van der Waals surface area contributed by atoms with Crippen LogP contribution in [0.3, 0.4) is 0 Å². The first kappa shape index (κ1) is 17.8. The molecule has 0 spiro atoms. The van der Waals surface area contributed by atoms with Crippen LogP contribution in [0.15, 0.2) is 34.1 Å². The smallest absolute Gasteiger partial charge is 0.292 e. The number of aromatic nitrogens is 2. The van der Waals surface area contributed by atoms with Crippen LogP contribution in [-0.4, -0.2) is 33.4 Å². The zero-order chi connectivity index (χ0) is 19.1. The third-order valence-corrected chi connectivity index (χ3v) is 5.56. The molecule has 4 rings (SSSR count). The second-order valence-corrected chi connectivity index (χ2v) is 8.05. The SMILES string of the molecule is Cc1cc(C)cc(NC(=O)Cn2ncc3c(c2=O)N(C2CC2)C(=O)CS3)c1. The number of aryl methyl sites for hydroxylation is 2. The van der Waals surface area contributed by atoms with Gasteiger partial charge < -0.3 is 10.2 Å². The van der Waals surface area contributed by atoms with E-state index in [9.17, 15) is 14.4 Å². The maximum atomic E-state index is 12.9. The van der Waals surface area contributed by atoms with Gasteiger partial charge in [0.15, 0.2) is 0 Å². The quantitative estimate of drug-likeness (QED) is 0.873. The van der Waals surface area contributed by atoms with Crippen molar-refractivity contribution in [2.24, 2.45) is 0 Å². The van der Waals surface area contributed by atoms with Crippen LogP contribution < -0.4 is 15.8 Å². The number of fused-ring (bicyclic) bond motifs is 1. The lowest BCUT2D eigenvalue weighted by atomic mass is 10.1. The fourth-order valence-electron chi connectivity index (χ4n) is 3.34. The third kappa shape index (κ3) is 3.62. The summed E-state index contributed by atoms with van der Waals surface area (Å²) in [6, 6.07) is 5.87. The molecule has 2 aromatic rings. The Bertz CT molecular complexity index is 977. The number of thioether (sulfide) groups is 1. The summed E-state index contributed by atoms with van der Waals surface area (Å²) in [7, 11) is 0. The molecule has 7 nitrogen and oxygen atoms in total. The predicted octanol–water partition coefficient (Wildman–Crippen LogP) is 2.10. The molecule has 1 fully saturated rings. The molecule has 2 heterocycles.